The quantitative estimate of drug-likeness (QED) is 0.178. The number of likely N-dealkylation sites (tertiary alicyclic amines) is 1. The molecule has 0 aliphatic carbocycles. The summed E-state index contributed by atoms with van der Waals surface area (Å²) in [6, 6.07) is 25.7. The van der Waals surface area contributed by atoms with Gasteiger partial charge in [-0.2, -0.15) is 0 Å². The molecule has 1 aliphatic rings. The molecule has 224 valence electrons. The number of hydrogen-bond acceptors (Lipinski definition) is 5. The van der Waals surface area contributed by atoms with Crippen LogP contribution in [0.1, 0.15) is 35.2 Å². The number of nitrogens with zero attached hydrogens (tertiary/aromatic N) is 1. The molecule has 0 aromatic heterocycles. The van der Waals surface area contributed by atoms with Crippen molar-refractivity contribution in [1.82, 2.24) is 0 Å². The van der Waals surface area contributed by atoms with Crippen LogP contribution in [-0.4, -0.2) is 55.7 Å². The number of carbonyl (C=O) groups is 3. The van der Waals surface area contributed by atoms with Gasteiger partial charge >= 0.3 is 6.09 Å². The predicted octanol–water partition coefficient (Wildman–Crippen LogP) is 5.85. The first-order valence-corrected chi connectivity index (χ1v) is 14.2. The molecule has 2 N–H and O–H groups in total. The molecule has 4 aromatic carbocycles. The van der Waals surface area contributed by atoms with Crippen molar-refractivity contribution in [3.8, 4) is 11.1 Å². The molecule has 2 amide bonds. The summed E-state index contributed by atoms with van der Waals surface area (Å²) in [7, 11) is 4.38. The average Bonchev–Trinajstić information content (AvgIpc) is 2.98. The Morgan fingerprint density at radius 2 is 1.56 bits per heavy atom. The van der Waals surface area contributed by atoms with Crippen LogP contribution in [0.2, 0.25) is 0 Å². The molecule has 0 radical (unpaired) electrons. The van der Waals surface area contributed by atoms with Crippen molar-refractivity contribution in [1.29, 1.82) is 0 Å². The second-order valence-electron chi connectivity index (χ2n) is 11.5. The first-order valence-electron chi connectivity index (χ1n) is 14.2. The van der Waals surface area contributed by atoms with E-state index in [1.807, 2.05) is 54.6 Å². The molecule has 43 heavy (non-hydrogen) atoms. The van der Waals surface area contributed by atoms with Crippen LogP contribution < -0.4 is 15.7 Å². The van der Waals surface area contributed by atoms with Crippen LogP contribution in [0.15, 0.2) is 84.9 Å². The standard InChI is InChI=1S/C34H35N3O5.HI/c1-37(2)18-16-29(17-19-37)42-34(41)36-31-14-8-23(20-30(31)24-6-4-3-5-7-24)9-15-32(38)35-28-13-12-25-21-27(33(39)40)11-10-26(25)22-28;/h3-8,10-14,20-22,29H,9,15-19H2,1-2H3,(H2-,35,36,38,39,40,41);1H. The topological polar surface area (TPSA) is 108 Å². The molecule has 4 aromatic rings. The van der Waals surface area contributed by atoms with E-state index in [9.17, 15) is 19.5 Å². The zero-order valence-corrected chi connectivity index (χ0v) is 26.6. The molecule has 0 spiro atoms. The zero-order chi connectivity index (χ0) is 29.7. The molecule has 8 nitrogen and oxygen atoms in total. The molecule has 1 fully saturated rings. The molecule has 5 rings (SSSR count). The third-order valence-corrected chi connectivity index (χ3v) is 7.79. The number of rotatable bonds is 8. The second-order valence-corrected chi connectivity index (χ2v) is 11.5. The number of carboxylic acid groups (broad SMARTS) is 1. The van der Waals surface area contributed by atoms with Crippen LogP contribution in [-0.2, 0) is 16.0 Å². The zero-order valence-electron chi connectivity index (χ0n) is 24.3. The summed E-state index contributed by atoms with van der Waals surface area (Å²) >= 11 is 0. The van der Waals surface area contributed by atoms with Gasteiger partial charge in [-0.3, -0.25) is 10.1 Å². The summed E-state index contributed by atoms with van der Waals surface area (Å²) < 4.78 is 6.69. The van der Waals surface area contributed by atoms with Crippen molar-refractivity contribution in [2.75, 3.05) is 37.8 Å². The molecule has 1 saturated heterocycles. The number of hydrogen-bond donors (Lipinski definition) is 2. The number of halogens is 1. The molecular weight excluding hydrogens is 657 g/mol. The van der Waals surface area contributed by atoms with Crippen LogP contribution in [0.4, 0.5) is 16.2 Å². The number of nitrogens with one attached hydrogen (secondary N) is 2. The predicted molar refractivity (Wildman–Crippen MR) is 177 cm³/mol. The number of benzene rings is 4. The number of amides is 2. The first-order chi connectivity index (χ1) is 20.1. The summed E-state index contributed by atoms with van der Waals surface area (Å²) in [6.07, 6.45) is 1.92. The van der Waals surface area contributed by atoms with E-state index in [0.717, 1.165) is 57.9 Å². The van der Waals surface area contributed by atoms with Gasteiger partial charge in [0.2, 0.25) is 5.91 Å². The van der Waals surface area contributed by atoms with Gasteiger partial charge in [-0.25, -0.2) is 4.79 Å². The average molecular weight is 694 g/mol. The smallest absolute Gasteiger partial charge is 0.411 e. The minimum atomic E-state index is -1.23. The molecule has 9 heteroatoms. The van der Waals surface area contributed by atoms with Crippen molar-refractivity contribution in [2.24, 2.45) is 0 Å². The number of aromatic carboxylic acids is 1. The number of ether oxygens (including phenoxy) is 1. The lowest BCUT2D eigenvalue weighted by Crippen LogP contribution is -2.48. The molecule has 0 bridgehead atoms. The fraction of sp³-hybridized carbons (Fsp3) is 0.265. The van der Waals surface area contributed by atoms with Gasteiger partial charge in [0.05, 0.1) is 38.8 Å². The monoisotopic (exact) mass is 693 g/mol. The number of aryl methyl sites for hydroxylation is 1. The van der Waals surface area contributed by atoms with E-state index in [-0.39, 0.29) is 48.0 Å². The van der Waals surface area contributed by atoms with Crippen LogP contribution >= 0.6 is 24.0 Å². The van der Waals surface area contributed by atoms with Crippen molar-refractivity contribution in [2.45, 2.75) is 31.8 Å². The van der Waals surface area contributed by atoms with E-state index < -0.39 is 12.1 Å². The molecule has 0 saturated carbocycles. The van der Waals surface area contributed by atoms with Gasteiger partial charge in [-0.15, -0.1) is 24.0 Å². The number of piperidine rings is 1. The van der Waals surface area contributed by atoms with Crippen molar-refractivity contribution in [3.05, 3.63) is 96.1 Å². The lowest BCUT2D eigenvalue weighted by Gasteiger charge is -2.36. The minimum absolute atomic E-state index is 0. The van der Waals surface area contributed by atoms with Gasteiger partial charge in [0.25, 0.3) is 0 Å². The van der Waals surface area contributed by atoms with E-state index in [2.05, 4.69) is 24.7 Å². The van der Waals surface area contributed by atoms with Gasteiger partial charge < -0.3 is 24.4 Å². The van der Waals surface area contributed by atoms with Crippen molar-refractivity contribution in [3.63, 3.8) is 0 Å². The Morgan fingerprint density at radius 3 is 2.28 bits per heavy atom. The minimum Gasteiger partial charge on any atom is -0.545 e. The van der Waals surface area contributed by atoms with Gasteiger partial charge in [0, 0.05) is 30.5 Å². The van der Waals surface area contributed by atoms with Crippen LogP contribution in [0.25, 0.3) is 21.9 Å². The lowest BCUT2D eigenvalue weighted by atomic mass is 9.98. The van der Waals surface area contributed by atoms with E-state index in [4.69, 9.17) is 4.74 Å². The number of carbonyl (C=O) groups excluding carboxylic acids is 3. The number of quaternary nitrogens is 1. The second kappa shape index (κ2) is 14.0. The van der Waals surface area contributed by atoms with Crippen LogP contribution in [0.5, 0.6) is 0 Å². The molecular formula is C34H36IN3O5. The number of fused-ring (bicyclic) bond motifs is 1. The van der Waals surface area contributed by atoms with Gasteiger partial charge in [-0.1, -0.05) is 54.6 Å². The van der Waals surface area contributed by atoms with E-state index in [0.29, 0.717) is 17.8 Å². The van der Waals surface area contributed by atoms with E-state index in [1.54, 1.807) is 24.3 Å². The van der Waals surface area contributed by atoms with Crippen LogP contribution in [0.3, 0.4) is 0 Å². The lowest BCUT2D eigenvalue weighted by molar-refractivity contribution is -0.896. The SMILES string of the molecule is C[N+]1(C)CCC(OC(=O)Nc2ccc(CCC(=O)Nc3ccc4cc(C(=O)[O-])ccc4c3)cc2-c2ccccc2)CC1.I. The normalized spacial score (nSPS) is 14.4. The number of carboxylic acids is 1. The highest BCUT2D eigenvalue weighted by Gasteiger charge is 2.28. The van der Waals surface area contributed by atoms with Gasteiger partial charge in [-0.05, 0) is 64.2 Å². The highest BCUT2D eigenvalue weighted by molar-refractivity contribution is 14.0. The Bertz CT molecular complexity index is 1610. The molecule has 0 unspecified atom stereocenters. The Morgan fingerprint density at radius 1 is 0.860 bits per heavy atom. The summed E-state index contributed by atoms with van der Waals surface area (Å²) in [4.78, 5) is 36.7. The highest BCUT2D eigenvalue weighted by atomic mass is 127. The summed E-state index contributed by atoms with van der Waals surface area (Å²) in [5.41, 5.74) is 4.18. The molecule has 1 heterocycles. The van der Waals surface area contributed by atoms with Crippen LogP contribution in [0, 0.1) is 0 Å². The maximum atomic E-state index is 12.8. The Labute approximate surface area is 268 Å². The summed E-state index contributed by atoms with van der Waals surface area (Å²) in [6.45, 7) is 1.95. The Kier molecular flexibility index (Phi) is 10.4. The largest absolute Gasteiger partial charge is 0.545 e. The summed E-state index contributed by atoms with van der Waals surface area (Å²) in [5.74, 6) is -1.36. The number of anilines is 2. The highest BCUT2D eigenvalue weighted by Crippen LogP contribution is 2.30. The van der Waals surface area contributed by atoms with Crippen molar-refractivity contribution >= 4 is 64.1 Å². The van der Waals surface area contributed by atoms with Gasteiger partial charge in [0.15, 0.2) is 0 Å². The molecule has 1 aliphatic heterocycles. The molecule has 0 atom stereocenters. The fourth-order valence-electron chi connectivity index (χ4n) is 5.30. The maximum absolute atomic E-state index is 12.8. The maximum Gasteiger partial charge on any atom is 0.411 e. The van der Waals surface area contributed by atoms with E-state index in [1.165, 1.54) is 6.07 Å². The third kappa shape index (κ3) is 8.55. The first kappa shape index (κ1) is 32.0. The van der Waals surface area contributed by atoms with Crippen molar-refractivity contribution < 1.29 is 28.7 Å². The third-order valence-electron chi connectivity index (χ3n) is 7.79. The fourth-order valence-corrected chi connectivity index (χ4v) is 5.30. The van der Waals surface area contributed by atoms with E-state index >= 15 is 0 Å². The Hall–Kier alpha value is -3.96. The van der Waals surface area contributed by atoms with Gasteiger partial charge in [0.1, 0.15) is 6.10 Å². The Balaban J connectivity index is 0.00000423. The summed E-state index contributed by atoms with van der Waals surface area (Å²) in [5, 5.41) is 18.6.